The third kappa shape index (κ3) is 2.24. The zero-order valence-corrected chi connectivity index (χ0v) is 7.66. The largest absolute Gasteiger partial charge is 0.396 e. The average molecular weight is 202 g/mol. The Labute approximate surface area is 79.0 Å². The average Bonchev–Trinajstić information content (AvgIpc) is 2.56. The number of thiophene rings is 1. The van der Waals surface area contributed by atoms with Crippen molar-refractivity contribution >= 4 is 16.3 Å². The van der Waals surface area contributed by atoms with Crippen LogP contribution in [-0.4, -0.2) is 23.2 Å². The van der Waals surface area contributed by atoms with Crippen LogP contribution in [0.1, 0.15) is 10.8 Å². The summed E-state index contributed by atoms with van der Waals surface area (Å²) >= 11 is 1.06. The Bertz CT molecular complexity index is 296. The van der Waals surface area contributed by atoms with E-state index in [1.807, 2.05) is 0 Å². The van der Waals surface area contributed by atoms with Gasteiger partial charge in [0.1, 0.15) is 0 Å². The minimum Gasteiger partial charge on any atom is -0.396 e. The van der Waals surface area contributed by atoms with Gasteiger partial charge in [0.2, 0.25) is 0 Å². The molecule has 1 aromatic heterocycles. The smallest absolute Gasteiger partial charge is 0.324 e. The van der Waals surface area contributed by atoms with Crippen molar-refractivity contribution in [2.45, 2.75) is 5.92 Å². The highest BCUT2D eigenvalue weighted by Gasteiger charge is 2.15. The summed E-state index contributed by atoms with van der Waals surface area (Å²) in [5, 5.41) is 19.3. The van der Waals surface area contributed by atoms with Crippen molar-refractivity contribution < 1.29 is 10.0 Å². The molecule has 5 nitrogen and oxygen atoms in total. The monoisotopic (exact) mass is 202 g/mol. The van der Waals surface area contributed by atoms with Gasteiger partial charge in [-0.05, 0) is 6.07 Å². The van der Waals surface area contributed by atoms with Gasteiger partial charge in [0.05, 0.1) is 11.5 Å². The molecule has 3 N–H and O–H groups in total. The van der Waals surface area contributed by atoms with E-state index in [2.05, 4.69) is 0 Å². The van der Waals surface area contributed by atoms with Crippen LogP contribution in [0.25, 0.3) is 0 Å². The second kappa shape index (κ2) is 4.31. The molecule has 0 fully saturated rings. The number of nitrogens with two attached hydrogens (primary N) is 1. The molecule has 6 heteroatoms. The van der Waals surface area contributed by atoms with Crippen molar-refractivity contribution in [2.75, 3.05) is 13.2 Å². The van der Waals surface area contributed by atoms with Crippen molar-refractivity contribution in [3.63, 3.8) is 0 Å². The summed E-state index contributed by atoms with van der Waals surface area (Å²) < 4.78 is 0. The first-order chi connectivity index (χ1) is 6.19. The van der Waals surface area contributed by atoms with Crippen LogP contribution in [0.5, 0.6) is 0 Å². The molecule has 0 spiro atoms. The fourth-order valence-electron chi connectivity index (χ4n) is 0.940. The van der Waals surface area contributed by atoms with Gasteiger partial charge in [0.15, 0.2) is 0 Å². The molecule has 0 radical (unpaired) electrons. The Morgan fingerprint density at radius 2 is 2.38 bits per heavy atom. The van der Waals surface area contributed by atoms with Gasteiger partial charge in [-0.1, -0.05) is 11.3 Å². The summed E-state index contributed by atoms with van der Waals surface area (Å²) in [6.45, 7) is 0.225. The molecule has 0 saturated carbocycles. The highest BCUT2D eigenvalue weighted by atomic mass is 32.1. The van der Waals surface area contributed by atoms with Gasteiger partial charge in [-0.2, -0.15) is 0 Å². The summed E-state index contributed by atoms with van der Waals surface area (Å²) in [5.74, 6) is -0.182. The maximum Gasteiger partial charge on any atom is 0.324 e. The van der Waals surface area contributed by atoms with Crippen LogP contribution < -0.4 is 5.73 Å². The lowest BCUT2D eigenvalue weighted by Gasteiger charge is -2.06. The summed E-state index contributed by atoms with van der Waals surface area (Å²) in [4.78, 5) is 10.7. The van der Waals surface area contributed by atoms with E-state index in [9.17, 15) is 10.1 Å². The Balaban J connectivity index is 2.84. The first kappa shape index (κ1) is 10.1. The van der Waals surface area contributed by atoms with Crippen LogP contribution in [0.2, 0.25) is 0 Å². The minimum absolute atomic E-state index is 0.0752. The second-order valence-corrected chi connectivity index (χ2v) is 3.64. The van der Waals surface area contributed by atoms with E-state index in [1.54, 1.807) is 6.07 Å². The van der Waals surface area contributed by atoms with E-state index < -0.39 is 4.92 Å². The summed E-state index contributed by atoms with van der Waals surface area (Å²) in [6, 6.07) is 3.06. The fraction of sp³-hybridized carbons (Fsp3) is 0.429. The number of aliphatic hydroxyl groups excluding tert-OH is 1. The number of rotatable bonds is 4. The van der Waals surface area contributed by atoms with Gasteiger partial charge in [-0.3, -0.25) is 10.1 Å². The zero-order chi connectivity index (χ0) is 9.84. The molecular formula is C7H10N2O3S. The standard InChI is InChI=1S/C7H10N2O3S/c8-3-5(4-10)6-1-2-7(13-6)9(11)12/h1-2,5,10H,3-4,8H2. The molecule has 72 valence electrons. The van der Waals surface area contributed by atoms with Crippen LogP contribution in [0.15, 0.2) is 12.1 Å². The number of nitrogens with zero attached hydrogens (tertiary/aromatic N) is 1. The van der Waals surface area contributed by atoms with Gasteiger partial charge in [-0.25, -0.2) is 0 Å². The molecule has 0 saturated heterocycles. The molecule has 0 aromatic carbocycles. The second-order valence-electron chi connectivity index (χ2n) is 2.55. The third-order valence-corrected chi connectivity index (χ3v) is 2.90. The molecule has 13 heavy (non-hydrogen) atoms. The maximum atomic E-state index is 10.3. The SMILES string of the molecule is NCC(CO)c1ccc([N+](=O)[O-])s1. The van der Waals surface area contributed by atoms with Crippen molar-refractivity contribution in [3.8, 4) is 0 Å². The van der Waals surface area contributed by atoms with Gasteiger partial charge >= 0.3 is 5.00 Å². The minimum atomic E-state index is -0.445. The van der Waals surface area contributed by atoms with E-state index in [4.69, 9.17) is 10.8 Å². The molecule has 0 amide bonds. The number of nitro groups is 1. The van der Waals surface area contributed by atoms with E-state index in [1.165, 1.54) is 6.07 Å². The van der Waals surface area contributed by atoms with Crippen LogP contribution >= 0.6 is 11.3 Å². The fourth-order valence-corrected chi connectivity index (χ4v) is 1.87. The summed E-state index contributed by atoms with van der Waals surface area (Å²) in [7, 11) is 0. The van der Waals surface area contributed by atoms with Crippen molar-refractivity contribution in [1.29, 1.82) is 0 Å². The Hall–Kier alpha value is -0.980. The first-order valence-corrected chi connectivity index (χ1v) is 4.55. The first-order valence-electron chi connectivity index (χ1n) is 3.74. The van der Waals surface area contributed by atoms with E-state index in [-0.39, 0.29) is 17.5 Å². The van der Waals surface area contributed by atoms with Gasteiger partial charge < -0.3 is 10.8 Å². The Morgan fingerprint density at radius 3 is 2.77 bits per heavy atom. The summed E-state index contributed by atoms with van der Waals surface area (Å²) in [5.41, 5.74) is 5.38. The normalized spacial score (nSPS) is 12.8. The molecule has 1 heterocycles. The van der Waals surface area contributed by atoms with Crippen LogP contribution in [0, 0.1) is 10.1 Å². The lowest BCUT2D eigenvalue weighted by atomic mass is 10.1. The molecule has 1 rings (SSSR count). The molecular weight excluding hydrogens is 192 g/mol. The quantitative estimate of drug-likeness (QED) is 0.555. The lowest BCUT2D eigenvalue weighted by molar-refractivity contribution is -0.380. The Kier molecular flexibility index (Phi) is 3.35. The van der Waals surface area contributed by atoms with Crippen LogP contribution in [0.3, 0.4) is 0 Å². The molecule has 1 aromatic rings. The highest BCUT2D eigenvalue weighted by Crippen LogP contribution is 2.29. The predicted molar refractivity (Wildman–Crippen MR) is 49.9 cm³/mol. The third-order valence-electron chi connectivity index (χ3n) is 1.70. The topological polar surface area (TPSA) is 89.4 Å². The van der Waals surface area contributed by atoms with Crippen molar-refractivity contribution in [1.82, 2.24) is 0 Å². The molecule has 0 aliphatic carbocycles. The van der Waals surface area contributed by atoms with Crippen LogP contribution in [0.4, 0.5) is 5.00 Å². The Morgan fingerprint density at radius 1 is 1.69 bits per heavy atom. The molecule has 1 unspecified atom stereocenters. The van der Waals surface area contributed by atoms with E-state index in [0.717, 1.165) is 16.2 Å². The number of hydrogen-bond acceptors (Lipinski definition) is 5. The molecule has 1 atom stereocenters. The predicted octanol–water partition coefficient (Wildman–Crippen LogP) is 0.691. The van der Waals surface area contributed by atoms with Gasteiger partial charge in [-0.15, -0.1) is 0 Å². The van der Waals surface area contributed by atoms with Crippen LogP contribution in [-0.2, 0) is 0 Å². The van der Waals surface area contributed by atoms with E-state index >= 15 is 0 Å². The number of aliphatic hydroxyl groups is 1. The van der Waals surface area contributed by atoms with Gasteiger partial charge in [0.25, 0.3) is 0 Å². The zero-order valence-electron chi connectivity index (χ0n) is 6.84. The maximum absolute atomic E-state index is 10.3. The van der Waals surface area contributed by atoms with Crippen molar-refractivity contribution in [3.05, 3.63) is 27.1 Å². The highest BCUT2D eigenvalue weighted by molar-refractivity contribution is 7.15. The lowest BCUT2D eigenvalue weighted by Crippen LogP contribution is -2.14. The number of hydrogen-bond donors (Lipinski definition) is 2. The van der Waals surface area contributed by atoms with Crippen molar-refractivity contribution in [2.24, 2.45) is 5.73 Å². The van der Waals surface area contributed by atoms with Gasteiger partial charge in [0, 0.05) is 23.4 Å². The molecule has 0 aliphatic rings. The van der Waals surface area contributed by atoms with E-state index in [0.29, 0.717) is 6.54 Å². The summed E-state index contributed by atoms with van der Waals surface area (Å²) in [6.07, 6.45) is 0. The molecule has 0 bridgehead atoms. The molecule has 0 aliphatic heterocycles.